The van der Waals surface area contributed by atoms with Crippen LogP contribution >= 0.6 is 11.8 Å². The minimum Gasteiger partial charge on any atom is -0.335 e. The van der Waals surface area contributed by atoms with E-state index in [9.17, 15) is 9.59 Å². The standard InChI is InChI=1S/C17H20N4O2S/c1-11-3-6-14(12(2)9-11)21-8-7-18-17(21)24-10-15(22)20-16(23)19-13-4-5-13/h3,6-9,13H,4-5,10H2,1-2H3,(H2,19,20,22,23). The molecular formula is C17H20N4O2S. The molecule has 3 amide bonds. The molecule has 0 saturated heterocycles. The highest BCUT2D eigenvalue weighted by Crippen LogP contribution is 2.23. The zero-order chi connectivity index (χ0) is 17.1. The molecule has 2 aromatic rings. The summed E-state index contributed by atoms with van der Waals surface area (Å²) in [6, 6.07) is 6.01. The molecule has 7 heteroatoms. The topological polar surface area (TPSA) is 76.0 Å². The second-order valence-electron chi connectivity index (χ2n) is 5.95. The number of carbonyl (C=O) groups excluding carboxylic acids is 2. The summed E-state index contributed by atoms with van der Waals surface area (Å²) in [7, 11) is 0. The molecule has 1 aromatic carbocycles. The highest BCUT2D eigenvalue weighted by molar-refractivity contribution is 7.99. The van der Waals surface area contributed by atoms with Crippen LogP contribution in [0.5, 0.6) is 0 Å². The van der Waals surface area contributed by atoms with Crippen molar-refractivity contribution in [3.8, 4) is 5.69 Å². The molecule has 1 aliphatic carbocycles. The molecule has 1 fully saturated rings. The number of urea groups is 1. The second-order valence-corrected chi connectivity index (χ2v) is 6.90. The Kier molecular flexibility index (Phi) is 4.89. The molecule has 0 bridgehead atoms. The smallest absolute Gasteiger partial charge is 0.321 e. The van der Waals surface area contributed by atoms with Gasteiger partial charge in [0, 0.05) is 18.4 Å². The first kappa shape index (κ1) is 16.6. The molecule has 6 nitrogen and oxygen atoms in total. The largest absolute Gasteiger partial charge is 0.335 e. The van der Waals surface area contributed by atoms with Gasteiger partial charge in [0.15, 0.2) is 5.16 Å². The minimum atomic E-state index is -0.416. The minimum absolute atomic E-state index is 0.139. The molecule has 1 saturated carbocycles. The van der Waals surface area contributed by atoms with Gasteiger partial charge in [-0.3, -0.25) is 14.7 Å². The van der Waals surface area contributed by atoms with Crippen LogP contribution < -0.4 is 10.6 Å². The fraction of sp³-hybridized carbons (Fsp3) is 0.353. The predicted octanol–water partition coefficient (Wildman–Crippen LogP) is 2.57. The average Bonchev–Trinajstić information content (AvgIpc) is 3.20. The molecule has 126 valence electrons. The quantitative estimate of drug-likeness (QED) is 0.818. The maximum absolute atomic E-state index is 11.9. The van der Waals surface area contributed by atoms with Crippen molar-refractivity contribution in [1.29, 1.82) is 0 Å². The van der Waals surface area contributed by atoms with E-state index in [2.05, 4.69) is 28.6 Å². The van der Waals surface area contributed by atoms with E-state index in [0.717, 1.165) is 29.2 Å². The van der Waals surface area contributed by atoms with Crippen molar-refractivity contribution < 1.29 is 9.59 Å². The monoisotopic (exact) mass is 344 g/mol. The van der Waals surface area contributed by atoms with Crippen LogP contribution in [-0.2, 0) is 4.79 Å². The normalized spacial score (nSPS) is 13.6. The number of aromatic nitrogens is 2. The van der Waals surface area contributed by atoms with Crippen LogP contribution in [0.1, 0.15) is 24.0 Å². The van der Waals surface area contributed by atoms with Gasteiger partial charge in [0.2, 0.25) is 5.91 Å². The number of carbonyl (C=O) groups is 2. The van der Waals surface area contributed by atoms with Gasteiger partial charge < -0.3 is 5.32 Å². The van der Waals surface area contributed by atoms with Crippen molar-refractivity contribution >= 4 is 23.7 Å². The fourth-order valence-electron chi connectivity index (χ4n) is 2.40. The van der Waals surface area contributed by atoms with Crippen LogP contribution in [0, 0.1) is 13.8 Å². The summed E-state index contributed by atoms with van der Waals surface area (Å²) in [6.45, 7) is 4.10. The van der Waals surface area contributed by atoms with Gasteiger partial charge in [-0.05, 0) is 38.3 Å². The van der Waals surface area contributed by atoms with Crippen molar-refractivity contribution in [1.82, 2.24) is 20.2 Å². The second kappa shape index (κ2) is 7.09. The summed E-state index contributed by atoms with van der Waals surface area (Å²) in [5.74, 6) is -0.187. The number of thioether (sulfide) groups is 1. The number of nitrogens with one attached hydrogen (secondary N) is 2. The van der Waals surface area contributed by atoms with Crippen LogP contribution in [0.3, 0.4) is 0 Å². The summed E-state index contributed by atoms with van der Waals surface area (Å²) >= 11 is 1.31. The lowest BCUT2D eigenvalue weighted by atomic mass is 10.1. The molecule has 0 spiro atoms. The van der Waals surface area contributed by atoms with Crippen molar-refractivity contribution in [2.45, 2.75) is 37.9 Å². The van der Waals surface area contributed by atoms with Gasteiger partial charge in [-0.25, -0.2) is 9.78 Å². The lowest BCUT2D eigenvalue weighted by Gasteiger charge is -2.11. The van der Waals surface area contributed by atoms with E-state index in [1.165, 1.54) is 17.3 Å². The van der Waals surface area contributed by atoms with Gasteiger partial charge in [-0.1, -0.05) is 29.5 Å². The lowest BCUT2D eigenvalue weighted by molar-refractivity contribution is -0.117. The zero-order valence-electron chi connectivity index (χ0n) is 13.7. The lowest BCUT2D eigenvalue weighted by Crippen LogP contribution is -2.41. The van der Waals surface area contributed by atoms with E-state index in [-0.39, 0.29) is 17.7 Å². The van der Waals surface area contributed by atoms with Gasteiger partial charge in [0.25, 0.3) is 0 Å². The van der Waals surface area contributed by atoms with Crippen molar-refractivity contribution in [3.05, 3.63) is 41.7 Å². The first-order valence-electron chi connectivity index (χ1n) is 7.87. The number of benzene rings is 1. The first-order valence-corrected chi connectivity index (χ1v) is 8.85. The summed E-state index contributed by atoms with van der Waals surface area (Å²) in [5, 5.41) is 5.79. The molecular weight excluding hydrogens is 324 g/mol. The SMILES string of the molecule is Cc1ccc(-n2ccnc2SCC(=O)NC(=O)NC2CC2)c(C)c1. The Hall–Kier alpha value is -2.28. The number of nitrogens with zero attached hydrogens (tertiary/aromatic N) is 2. The molecule has 0 aliphatic heterocycles. The average molecular weight is 344 g/mol. The van der Waals surface area contributed by atoms with E-state index in [1.54, 1.807) is 6.20 Å². The van der Waals surface area contributed by atoms with E-state index in [1.807, 2.05) is 29.8 Å². The maximum Gasteiger partial charge on any atom is 0.321 e. The molecule has 1 aliphatic rings. The van der Waals surface area contributed by atoms with Crippen molar-refractivity contribution in [3.63, 3.8) is 0 Å². The van der Waals surface area contributed by atoms with Crippen LogP contribution in [0.2, 0.25) is 0 Å². The third-order valence-electron chi connectivity index (χ3n) is 3.72. The van der Waals surface area contributed by atoms with E-state index >= 15 is 0 Å². The van der Waals surface area contributed by atoms with Crippen LogP contribution in [-0.4, -0.2) is 33.3 Å². The first-order chi connectivity index (χ1) is 11.5. The predicted molar refractivity (Wildman–Crippen MR) is 93.5 cm³/mol. The number of imidazole rings is 1. The molecule has 3 rings (SSSR count). The van der Waals surface area contributed by atoms with E-state index in [4.69, 9.17) is 0 Å². The van der Waals surface area contributed by atoms with Gasteiger partial charge in [-0.15, -0.1) is 0 Å². The molecule has 0 unspecified atom stereocenters. The maximum atomic E-state index is 11.9. The van der Waals surface area contributed by atoms with Gasteiger partial charge in [0.05, 0.1) is 11.4 Å². The summed E-state index contributed by atoms with van der Waals surface area (Å²) < 4.78 is 1.96. The van der Waals surface area contributed by atoms with Crippen LogP contribution in [0.25, 0.3) is 5.69 Å². The van der Waals surface area contributed by atoms with E-state index < -0.39 is 6.03 Å². The van der Waals surface area contributed by atoms with Crippen molar-refractivity contribution in [2.75, 3.05) is 5.75 Å². The number of imide groups is 1. The molecule has 0 atom stereocenters. The Balaban J connectivity index is 1.61. The molecule has 24 heavy (non-hydrogen) atoms. The fourth-order valence-corrected chi connectivity index (χ4v) is 3.16. The van der Waals surface area contributed by atoms with Gasteiger partial charge >= 0.3 is 6.03 Å². The highest BCUT2D eigenvalue weighted by atomic mass is 32.2. The molecule has 2 N–H and O–H groups in total. The van der Waals surface area contributed by atoms with Crippen LogP contribution in [0.15, 0.2) is 35.7 Å². The molecule has 0 radical (unpaired) electrons. The van der Waals surface area contributed by atoms with Crippen LogP contribution in [0.4, 0.5) is 4.79 Å². The number of rotatable bonds is 5. The third kappa shape index (κ3) is 4.17. The Labute approximate surface area is 145 Å². The third-order valence-corrected chi connectivity index (χ3v) is 4.68. The zero-order valence-corrected chi connectivity index (χ0v) is 14.5. The van der Waals surface area contributed by atoms with Crippen molar-refractivity contribution in [2.24, 2.45) is 0 Å². The molecule has 1 heterocycles. The number of hydrogen-bond donors (Lipinski definition) is 2. The number of amides is 3. The summed E-state index contributed by atoms with van der Waals surface area (Å²) in [6.07, 6.45) is 5.56. The van der Waals surface area contributed by atoms with Gasteiger partial charge in [-0.2, -0.15) is 0 Å². The molecule has 1 aromatic heterocycles. The van der Waals surface area contributed by atoms with E-state index in [0.29, 0.717) is 0 Å². The summed E-state index contributed by atoms with van der Waals surface area (Å²) in [5.41, 5.74) is 3.38. The highest BCUT2D eigenvalue weighted by Gasteiger charge is 2.24. The Morgan fingerprint density at radius 3 is 2.83 bits per heavy atom. The Morgan fingerprint density at radius 2 is 2.12 bits per heavy atom. The summed E-state index contributed by atoms with van der Waals surface area (Å²) in [4.78, 5) is 27.7. The van der Waals surface area contributed by atoms with Gasteiger partial charge in [0.1, 0.15) is 0 Å². The Bertz CT molecular complexity index is 768. The number of hydrogen-bond acceptors (Lipinski definition) is 4. The number of aryl methyl sites for hydroxylation is 2. The Morgan fingerprint density at radius 1 is 1.33 bits per heavy atom.